The molecule has 10 heteroatoms. The zero-order chi connectivity index (χ0) is 28.3. The summed E-state index contributed by atoms with van der Waals surface area (Å²) in [6, 6.07) is 16.3. The van der Waals surface area contributed by atoms with Gasteiger partial charge in [0.2, 0.25) is 5.91 Å². The molecule has 3 N–H and O–H groups in total. The number of fused-ring (bicyclic) bond motifs is 1. The molecule has 0 aliphatic carbocycles. The van der Waals surface area contributed by atoms with Gasteiger partial charge in [0.25, 0.3) is 11.8 Å². The number of hydrogen-bond donors (Lipinski definition) is 3. The number of amides is 3. The molecule has 0 aliphatic heterocycles. The van der Waals surface area contributed by atoms with Crippen LogP contribution in [0.5, 0.6) is 0 Å². The number of hydrogen-bond acceptors (Lipinski definition) is 3. The van der Waals surface area contributed by atoms with Gasteiger partial charge in [-0.2, -0.15) is 0 Å². The zero-order valence-corrected chi connectivity index (χ0v) is 23.1. The Bertz CT molecular complexity index is 1580. The molecule has 0 atom stereocenters. The van der Waals surface area contributed by atoms with E-state index >= 15 is 0 Å². The minimum atomic E-state index is -0.520. The van der Waals surface area contributed by atoms with E-state index in [9.17, 15) is 18.8 Å². The van der Waals surface area contributed by atoms with E-state index in [2.05, 4.69) is 16.0 Å². The highest BCUT2D eigenvalue weighted by atomic mass is 35.5. The lowest BCUT2D eigenvalue weighted by Gasteiger charge is -2.11. The van der Waals surface area contributed by atoms with Crippen LogP contribution in [0.15, 0.2) is 60.7 Å². The van der Waals surface area contributed by atoms with Gasteiger partial charge in [0.15, 0.2) is 0 Å². The molecule has 0 aliphatic rings. The largest absolute Gasteiger partial charge is 0.352 e. The summed E-state index contributed by atoms with van der Waals surface area (Å²) in [5, 5.41) is 9.52. The quantitative estimate of drug-likeness (QED) is 0.240. The van der Waals surface area contributed by atoms with Crippen LogP contribution < -0.4 is 16.0 Å². The Morgan fingerprint density at radius 1 is 0.846 bits per heavy atom. The van der Waals surface area contributed by atoms with Crippen molar-refractivity contribution >= 4 is 57.5 Å². The Morgan fingerprint density at radius 3 is 2.26 bits per heavy atom. The second-order valence-electron chi connectivity index (χ2n) is 9.43. The summed E-state index contributed by atoms with van der Waals surface area (Å²) >= 11 is 12.1. The summed E-state index contributed by atoms with van der Waals surface area (Å²) in [7, 11) is 1.77. The van der Waals surface area contributed by atoms with Crippen LogP contribution in [0.4, 0.5) is 10.1 Å². The fourth-order valence-corrected chi connectivity index (χ4v) is 4.42. The van der Waals surface area contributed by atoms with Gasteiger partial charge in [0.1, 0.15) is 11.5 Å². The number of carbonyl (C=O) groups is 3. The van der Waals surface area contributed by atoms with Crippen molar-refractivity contribution in [3.8, 4) is 0 Å². The monoisotopic (exact) mass is 568 g/mol. The third-order valence-electron chi connectivity index (χ3n) is 6.24. The fourth-order valence-electron chi connectivity index (χ4n) is 4.02. The molecule has 0 saturated carbocycles. The lowest BCUT2D eigenvalue weighted by Crippen LogP contribution is -2.27. The Labute approximate surface area is 235 Å². The van der Waals surface area contributed by atoms with Gasteiger partial charge in [0.05, 0.1) is 15.6 Å². The van der Waals surface area contributed by atoms with E-state index in [1.165, 1.54) is 12.1 Å². The highest BCUT2D eigenvalue weighted by Crippen LogP contribution is 2.25. The number of benzene rings is 3. The molecule has 0 saturated heterocycles. The van der Waals surface area contributed by atoms with Gasteiger partial charge in [-0.3, -0.25) is 14.4 Å². The number of aryl methyl sites for hydroxylation is 1. The maximum Gasteiger partial charge on any atom is 0.268 e. The molecule has 1 aromatic heterocycles. The highest BCUT2D eigenvalue weighted by molar-refractivity contribution is 6.34. The Hall–Kier alpha value is -3.88. The third-order valence-corrected chi connectivity index (χ3v) is 6.86. The maximum atomic E-state index is 13.4. The molecule has 0 radical (unpaired) electrons. The van der Waals surface area contributed by atoms with Crippen molar-refractivity contribution in [2.75, 3.05) is 5.32 Å². The van der Waals surface area contributed by atoms with E-state index in [1.807, 2.05) is 0 Å². The van der Waals surface area contributed by atoms with Crippen LogP contribution in [0.25, 0.3) is 10.9 Å². The van der Waals surface area contributed by atoms with Gasteiger partial charge >= 0.3 is 0 Å². The molecule has 3 amide bonds. The summed E-state index contributed by atoms with van der Waals surface area (Å²) in [6.45, 7) is 4.07. The third kappa shape index (κ3) is 6.58. The van der Waals surface area contributed by atoms with Crippen LogP contribution in [0, 0.1) is 11.7 Å². The van der Waals surface area contributed by atoms with Crippen LogP contribution in [0.2, 0.25) is 10.0 Å². The van der Waals surface area contributed by atoms with Crippen molar-refractivity contribution in [3.05, 3.63) is 98.9 Å². The number of halogens is 3. The highest BCUT2D eigenvalue weighted by Gasteiger charge is 2.16. The number of nitrogens with zero attached hydrogens (tertiary/aromatic N) is 1. The van der Waals surface area contributed by atoms with Crippen molar-refractivity contribution in [2.24, 2.45) is 13.0 Å². The van der Waals surface area contributed by atoms with Crippen molar-refractivity contribution in [2.45, 2.75) is 26.9 Å². The van der Waals surface area contributed by atoms with E-state index < -0.39 is 11.7 Å². The Morgan fingerprint density at radius 2 is 1.54 bits per heavy atom. The first-order chi connectivity index (χ1) is 18.5. The molecule has 39 heavy (non-hydrogen) atoms. The molecule has 4 aromatic rings. The molecular formula is C29H27Cl2FN4O3. The standard InChI is InChI=1S/C29H27Cl2FN4O3/c1-16(2)27(37)33-14-17-4-7-22(30)21(10-17)28(38)35-20-6-9-25-19(12-20)13-26(36(25)3)29(39)34-15-18-5-8-24(32)23(31)11-18/h4-13,16H,14-15H2,1-3H3,(H,33,37)(H,34,39)(H,35,38). The van der Waals surface area contributed by atoms with E-state index in [1.54, 1.807) is 74.0 Å². The molecule has 0 fully saturated rings. The predicted molar refractivity (Wildman–Crippen MR) is 152 cm³/mol. The van der Waals surface area contributed by atoms with Gasteiger partial charge in [-0.05, 0) is 59.7 Å². The van der Waals surface area contributed by atoms with Crippen LogP contribution >= 0.6 is 23.2 Å². The lowest BCUT2D eigenvalue weighted by atomic mass is 10.1. The second-order valence-corrected chi connectivity index (χ2v) is 10.2. The molecule has 1 heterocycles. The SMILES string of the molecule is CC(C)C(=O)NCc1ccc(Cl)c(C(=O)Nc2ccc3c(c2)cc(C(=O)NCc2ccc(F)c(Cl)c2)n3C)c1. The first-order valence-corrected chi connectivity index (χ1v) is 13.0. The second kappa shape index (κ2) is 11.9. The number of carbonyl (C=O) groups excluding carboxylic acids is 3. The average molecular weight is 569 g/mol. The first-order valence-electron chi connectivity index (χ1n) is 12.2. The minimum Gasteiger partial charge on any atom is -0.352 e. The van der Waals surface area contributed by atoms with Gasteiger partial charge in [0, 0.05) is 42.6 Å². The van der Waals surface area contributed by atoms with Gasteiger partial charge in [-0.15, -0.1) is 0 Å². The number of rotatable bonds is 8. The molecule has 0 spiro atoms. The summed E-state index contributed by atoms with van der Waals surface area (Å²) in [5.41, 5.74) is 3.44. The topological polar surface area (TPSA) is 92.2 Å². The van der Waals surface area contributed by atoms with Crippen LogP contribution in [-0.2, 0) is 24.9 Å². The normalized spacial score (nSPS) is 11.1. The van der Waals surface area contributed by atoms with E-state index in [-0.39, 0.29) is 46.4 Å². The molecule has 0 bridgehead atoms. The van der Waals surface area contributed by atoms with Crippen molar-refractivity contribution in [1.29, 1.82) is 0 Å². The molecule has 0 unspecified atom stereocenters. The summed E-state index contributed by atoms with van der Waals surface area (Å²) in [6.07, 6.45) is 0. The molecular weight excluding hydrogens is 542 g/mol. The number of anilines is 1. The summed E-state index contributed by atoms with van der Waals surface area (Å²) in [4.78, 5) is 37.8. The molecule has 202 valence electrons. The first kappa shape index (κ1) is 28.1. The molecule has 4 rings (SSSR count). The van der Waals surface area contributed by atoms with Crippen molar-refractivity contribution < 1.29 is 18.8 Å². The smallest absolute Gasteiger partial charge is 0.268 e. The summed E-state index contributed by atoms with van der Waals surface area (Å²) in [5.74, 6) is -1.46. The van der Waals surface area contributed by atoms with Gasteiger partial charge in [-0.25, -0.2) is 4.39 Å². The van der Waals surface area contributed by atoms with Gasteiger partial charge < -0.3 is 20.5 Å². The van der Waals surface area contributed by atoms with E-state index in [0.717, 1.165) is 16.5 Å². The predicted octanol–water partition coefficient (Wildman–Crippen LogP) is 6.08. The van der Waals surface area contributed by atoms with Crippen LogP contribution in [0.3, 0.4) is 0 Å². The Kier molecular flexibility index (Phi) is 8.57. The van der Waals surface area contributed by atoms with E-state index in [0.29, 0.717) is 16.9 Å². The zero-order valence-electron chi connectivity index (χ0n) is 21.6. The van der Waals surface area contributed by atoms with Crippen LogP contribution in [-0.4, -0.2) is 22.3 Å². The van der Waals surface area contributed by atoms with Gasteiger partial charge in [-0.1, -0.05) is 49.2 Å². The minimum absolute atomic E-state index is 0.00756. The lowest BCUT2D eigenvalue weighted by molar-refractivity contribution is -0.124. The Balaban J connectivity index is 1.47. The van der Waals surface area contributed by atoms with Crippen molar-refractivity contribution in [1.82, 2.24) is 15.2 Å². The van der Waals surface area contributed by atoms with Crippen molar-refractivity contribution in [3.63, 3.8) is 0 Å². The number of aromatic nitrogens is 1. The molecule has 3 aromatic carbocycles. The maximum absolute atomic E-state index is 13.4. The molecule has 7 nitrogen and oxygen atoms in total. The summed E-state index contributed by atoms with van der Waals surface area (Å²) < 4.78 is 15.1. The van der Waals surface area contributed by atoms with E-state index in [4.69, 9.17) is 23.2 Å². The average Bonchev–Trinajstić information content (AvgIpc) is 3.23. The number of nitrogens with one attached hydrogen (secondary N) is 3. The van der Waals surface area contributed by atoms with Crippen LogP contribution in [0.1, 0.15) is 45.8 Å². The fraction of sp³-hybridized carbons (Fsp3) is 0.207.